The van der Waals surface area contributed by atoms with Crippen molar-refractivity contribution in [3.8, 4) is 11.5 Å². The molecule has 0 atom stereocenters. The van der Waals surface area contributed by atoms with Gasteiger partial charge in [-0.05, 0) is 24.3 Å². The summed E-state index contributed by atoms with van der Waals surface area (Å²) in [7, 11) is 0. The van der Waals surface area contributed by atoms with E-state index in [1.165, 1.54) is 24.3 Å². The Morgan fingerprint density at radius 1 is 1.08 bits per heavy atom. The van der Waals surface area contributed by atoms with E-state index >= 15 is 0 Å². The lowest BCUT2D eigenvalue weighted by atomic mass is 10.1. The van der Waals surface area contributed by atoms with Gasteiger partial charge in [0.1, 0.15) is 0 Å². The molecule has 0 aliphatic heterocycles. The van der Waals surface area contributed by atoms with Gasteiger partial charge in [-0.2, -0.15) is 0 Å². The number of carbonyl (C=O) groups is 1. The number of nitro benzene ring substituents is 1. The Hall–Kier alpha value is -3.00. The highest BCUT2D eigenvalue weighted by molar-refractivity contribution is 7.99. The first-order chi connectivity index (χ1) is 11.6. The number of benzene rings is 2. The summed E-state index contributed by atoms with van der Waals surface area (Å²) in [6.07, 6.45) is 0. The third-order valence-corrected chi connectivity index (χ3v) is 3.97. The fourth-order valence-electron chi connectivity index (χ4n) is 1.95. The van der Waals surface area contributed by atoms with E-state index in [0.717, 1.165) is 17.3 Å². The second-order valence-corrected chi connectivity index (χ2v) is 5.68. The zero-order valence-electron chi connectivity index (χ0n) is 12.3. The van der Waals surface area contributed by atoms with Gasteiger partial charge in [0.2, 0.25) is 5.89 Å². The number of rotatable bonds is 6. The van der Waals surface area contributed by atoms with Crippen molar-refractivity contribution in [2.75, 3.05) is 5.75 Å². The van der Waals surface area contributed by atoms with Crippen molar-refractivity contribution in [3.05, 3.63) is 70.3 Å². The van der Waals surface area contributed by atoms with Crippen LogP contribution in [0, 0.1) is 10.1 Å². The van der Waals surface area contributed by atoms with Crippen LogP contribution in [0.4, 0.5) is 5.69 Å². The van der Waals surface area contributed by atoms with Crippen LogP contribution in [0.1, 0.15) is 10.4 Å². The maximum atomic E-state index is 12.1. The predicted molar refractivity (Wildman–Crippen MR) is 87.9 cm³/mol. The first-order valence-corrected chi connectivity index (χ1v) is 7.91. The fraction of sp³-hybridized carbons (Fsp3) is 0.0625. The summed E-state index contributed by atoms with van der Waals surface area (Å²) in [6.45, 7) is 0. The first kappa shape index (κ1) is 15.9. The van der Waals surface area contributed by atoms with Crippen molar-refractivity contribution in [1.29, 1.82) is 0 Å². The summed E-state index contributed by atoms with van der Waals surface area (Å²) in [5.41, 5.74) is 1.15. The zero-order chi connectivity index (χ0) is 16.9. The summed E-state index contributed by atoms with van der Waals surface area (Å²) >= 11 is 1.13. The Morgan fingerprint density at radius 2 is 1.79 bits per heavy atom. The quantitative estimate of drug-likeness (QED) is 0.292. The molecular formula is C16H11N3O4S. The standard InChI is InChI=1S/C16H11N3O4S/c20-14(11-6-8-13(9-7-11)19(21)22)10-24-16-18-17-15(23-16)12-4-2-1-3-5-12/h1-9H,10H2. The summed E-state index contributed by atoms with van der Waals surface area (Å²) in [6, 6.07) is 14.8. The number of nitro groups is 1. The summed E-state index contributed by atoms with van der Waals surface area (Å²) in [5, 5.41) is 18.7. The zero-order valence-corrected chi connectivity index (χ0v) is 13.1. The molecule has 0 amide bonds. The van der Waals surface area contributed by atoms with Crippen molar-refractivity contribution in [1.82, 2.24) is 10.2 Å². The Labute approximate surface area is 140 Å². The van der Waals surface area contributed by atoms with E-state index < -0.39 is 4.92 Å². The van der Waals surface area contributed by atoms with Gasteiger partial charge in [0.25, 0.3) is 10.9 Å². The van der Waals surface area contributed by atoms with Crippen molar-refractivity contribution in [2.45, 2.75) is 5.22 Å². The normalized spacial score (nSPS) is 10.5. The van der Waals surface area contributed by atoms with Crippen LogP contribution in [-0.2, 0) is 0 Å². The van der Waals surface area contributed by atoms with Crippen LogP contribution in [0.5, 0.6) is 0 Å². The van der Waals surface area contributed by atoms with Crippen molar-refractivity contribution in [2.24, 2.45) is 0 Å². The maximum absolute atomic E-state index is 12.1. The second-order valence-electron chi connectivity index (χ2n) is 4.75. The number of hydrogen-bond donors (Lipinski definition) is 0. The monoisotopic (exact) mass is 341 g/mol. The number of non-ortho nitro benzene ring substituents is 1. The van der Waals surface area contributed by atoms with E-state index in [4.69, 9.17) is 4.42 Å². The molecule has 0 spiro atoms. The molecule has 1 aromatic heterocycles. The number of carbonyl (C=O) groups excluding carboxylic acids is 1. The minimum absolute atomic E-state index is 0.0522. The van der Waals surface area contributed by atoms with Crippen LogP contribution < -0.4 is 0 Å². The number of hydrogen-bond acceptors (Lipinski definition) is 7. The maximum Gasteiger partial charge on any atom is 0.277 e. The minimum atomic E-state index is -0.507. The van der Waals surface area contributed by atoms with Gasteiger partial charge in [0, 0.05) is 23.3 Å². The molecule has 120 valence electrons. The number of aromatic nitrogens is 2. The lowest BCUT2D eigenvalue weighted by Crippen LogP contribution is -2.02. The topological polar surface area (TPSA) is 99.1 Å². The molecule has 0 radical (unpaired) electrons. The van der Waals surface area contributed by atoms with Gasteiger partial charge in [0.15, 0.2) is 5.78 Å². The average Bonchev–Trinajstić information content (AvgIpc) is 3.09. The van der Waals surface area contributed by atoms with Gasteiger partial charge in [-0.25, -0.2) is 0 Å². The van der Waals surface area contributed by atoms with Crippen LogP contribution in [0.25, 0.3) is 11.5 Å². The van der Waals surface area contributed by atoms with Gasteiger partial charge in [-0.15, -0.1) is 10.2 Å². The van der Waals surface area contributed by atoms with Crippen LogP contribution in [0.2, 0.25) is 0 Å². The smallest absolute Gasteiger partial charge is 0.277 e. The SMILES string of the molecule is O=C(CSc1nnc(-c2ccccc2)o1)c1ccc([N+](=O)[O-])cc1. The molecule has 0 bridgehead atoms. The van der Waals surface area contributed by atoms with Crippen LogP contribution >= 0.6 is 11.8 Å². The highest BCUT2D eigenvalue weighted by atomic mass is 32.2. The first-order valence-electron chi connectivity index (χ1n) is 6.93. The third-order valence-electron chi connectivity index (χ3n) is 3.15. The Morgan fingerprint density at radius 3 is 2.46 bits per heavy atom. The second kappa shape index (κ2) is 7.05. The van der Waals surface area contributed by atoms with Crippen LogP contribution in [-0.4, -0.2) is 26.7 Å². The molecule has 3 aromatic rings. The molecule has 0 aliphatic rings. The summed E-state index contributed by atoms with van der Waals surface area (Å²) in [5.74, 6) is 0.323. The largest absolute Gasteiger partial charge is 0.411 e. The van der Waals surface area contributed by atoms with E-state index in [1.54, 1.807) is 0 Å². The van der Waals surface area contributed by atoms with Crippen molar-refractivity contribution in [3.63, 3.8) is 0 Å². The molecule has 3 rings (SSSR count). The number of ketones is 1. The molecular weight excluding hydrogens is 330 g/mol. The molecule has 0 unspecified atom stereocenters. The molecule has 8 heteroatoms. The fourth-order valence-corrected chi connectivity index (χ4v) is 2.60. The molecule has 0 fully saturated rings. The van der Waals surface area contributed by atoms with Gasteiger partial charge >= 0.3 is 0 Å². The van der Waals surface area contributed by atoms with Gasteiger partial charge in [-0.1, -0.05) is 30.0 Å². The molecule has 0 N–H and O–H groups in total. The van der Waals surface area contributed by atoms with E-state index in [1.807, 2.05) is 30.3 Å². The van der Waals surface area contributed by atoms with Crippen LogP contribution in [0.15, 0.2) is 64.2 Å². The summed E-state index contributed by atoms with van der Waals surface area (Å²) in [4.78, 5) is 22.2. The summed E-state index contributed by atoms with van der Waals surface area (Å²) < 4.78 is 5.51. The van der Waals surface area contributed by atoms with E-state index in [0.29, 0.717) is 16.7 Å². The molecule has 7 nitrogen and oxygen atoms in total. The highest BCUT2D eigenvalue weighted by Gasteiger charge is 2.13. The van der Waals surface area contributed by atoms with Gasteiger partial charge in [0.05, 0.1) is 10.7 Å². The van der Waals surface area contributed by atoms with Gasteiger partial charge in [-0.3, -0.25) is 14.9 Å². The number of nitrogens with zero attached hydrogens (tertiary/aromatic N) is 3. The molecule has 0 saturated heterocycles. The molecule has 1 heterocycles. The third kappa shape index (κ3) is 3.66. The van der Waals surface area contributed by atoms with E-state index in [-0.39, 0.29) is 17.2 Å². The number of thioether (sulfide) groups is 1. The van der Waals surface area contributed by atoms with Crippen molar-refractivity contribution >= 4 is 23.2 Å². The highest BCUT2D eigenvalue weighted by Crippen LogP contribution is 2.23. The number of Topliss-reactive ketones (excluding diaryl/α,β-unsaturated/α-hetero) is 1. The molecule has 0 saturated carbocycles. The average molecular weight is 341 g/mol. The van der Waals surface area contributed by atoms with E-state index in [2.05, 4.69) is 10.2 Å². The molecule has 2 aromatic carbocycles. The lowest BCUT2D eigenvalue weighted by molar-refractivity contribution is -0.384. The Balaban J connectivity index is 1.62. The lowest BCUT2D eigenvalue weighted by Gasteiger charge is -1.98. The van der Waals surface area contributed by atoms with Crippen LogP contribution in [0.3, 0.4) is 0 Å². The minimum Gasteiger partial charge on any atom is -0.411 e. The molecule has 0 aliphatic carbocycles. The van der Waals surface area contributed by atoms with Gasteiger partial charge < -0.3 is 4.42 Å². The Bertz CT molecular complexity index is 863. The molecule has 24 heavy (non-hydrogen) atoms. The van der Waals surface area contributed by atoms with E-state index in [9.17, 15) is 14.9 Å². The van der Waals surface area contributed by atoms with Crippen molar-refractivity contribution < 1.29 is 14.1 Å². The predicted octanol–water partition coefficient (Wildman–Crippen LogP) is 3.62. The Kier molecular flexibility index (Phi) is 4.66.